The molecule has 0 saturated heterocycles. The minimum absolute atomic E-state index is 0.181. The first-order valence-corrected chi connectivity index (χ1v) is 11.9. The van der Waals surface area contributed by atoms with Crippen molar-refractivity contribution in [1.29, 1.82) is 0 Å². The van der Waals surface area contributed by atoms with E-state index in [0.29, 0.717) is 18.4 Å². The van der Waals surface area contributed by atoms with Gasteiger partial charge >= 0.3 is 0 Å². The summed E-state index contributed by atoms with van der Waals surface area (Å²) in [4.78, 5) is 0. The van der Waals surface area contributed by atoms with Crippen molar-refractivity contribution in [1.82, 2.24) is 0 Å². The van der Waals surface area contributed by atoms with E-state index >= 15 is 0 Å². The van der Waals surface area contributed by atoms with Gasteiger partial charge in [0.05, 0.1) is 6.04 Å². The summed E-state index contributed by atoms with van der Waals surface area (Å²) in [6.45, 7) is 0.563. The molecule has 3 unspecified atom stereocenters. The lowest BCUT2D eigenvalue weighted by Gasteiger charge is -2.38. The van der Waals surface area contributed by atoms with Crippen molar-refractivity contribution < 1.29 is 9.47 Å². The van der Waals surface area contributed by atoms with Crippen molar-refractivity contribution in [2.75, 3.05) is 5.32 Å². The van der Waals surface area contributed by atoms with Crippen LogP contribution >= 0.6 is 0 Å². The Kier molecular flexibility index (Phi) is 5.52. The van der Waals surface area contributed by atoms with Gasteiger partial charge < -0.3 is 14.8 Å². The summed E-state index contributed by atoms with van der Waals surface area (Å²) >= 11 is 0. The van der Waals surface area contributed by atoms with Crippen LogP contribution < -0.4 is 14.8 Å². The van der Waals surface area contributed by atoms with E-state index in [1.807, 2.05) is 42.5 Å². The molecule has 1 heterocycles. The summed E-state index contributed by atoms with van der Waals surface area (Å²) in [5, 5.41) is 3.84. The summed E-state index contributed by atoms with van der Waals surface area (Å²) in [6.07, 6.45) is 5.72. The molecule has 0 fully saturated rings. The average molecular weight is 446 g/mol. The predicted molar refractivity (Wildman–Crippen MR) is 137 cm³/mol. The van der Waals surface area contributed by atoms with Crippen LogP contribution in [0.3, 0.4) is 0 Å². The fourth-order valence-electron chi connectivity index (χ4n) is 5.17. The Morgan fingerprint density at radius 2 is 1.50 bits per heavy atom. The number of rotatable bonds is 6. The predicted octanol–water partition coefficient (Wildman–Crippen LogP) is 7.88. The number of fused-ring (bicyclic) bond motifs is 3. The number of nitrogens with one attached hydrogen (secondary N) is 1. The summed E-state index contributed by atoms with van der Waals surface area (Å²) in [7, 11) is 0. The second-order valence-corrected chi connectivity index (χ2v) is 8.95. The number of allylic oxidation sites excluding steroid dienone is 2. The third-order valence-electron chi connectivity index (χ3n) is 6.80. The van der Waals surface area contributed by atoms with E-state index in [4.69, 9.17) is 9.47 Å². The highest BCUT2D eigenvalue weighted by molar-refractivity contribution is 5.62. The Balaban J connectivity index is 1.28. The number of hydrogen-bond donors (Lipinski definition) is 1. The molecule has 1 aliphatic carbocycles. The number of anilines is 1. The van der Waals surface area contributed by atoms with Crippen molar-refractivity contribution >= 4 is 5.69 Å². The summed E-state index contributed by atoms with van der Waals surface area (Å²) in [6, 6.07) is 35.3. The highest BCUT2D eigenvalue weighted by Gasteiger charge is 2.39. The van der Waals surface area contributed by atoms with E-state index in [1.54, 1.807) is 0 Å². The van der Waals surface area contributed by atoms with Gasteiger partial charge in [-0.1, -0.05) is 78.9 Å². The van der Waals surface area contributed by atoms with Gasteiger partial charge in [-0.25, -0.2) is 0 Å². The monoisotopic (exact) mass is 445 g/mol. The van der Waals surface area contributed by atoms with Gasteiger partial charge in [-0.2, -0.15) is 0 Å². The molecule has 1 N–H and O–H groups in total. The van der Waals surface area contributed by atoms with E-state index in [-0.39, 0.29) is 6.04 Å². The van der Waals surface area contributed by atoms with Crippen LogP contribution in [0.4, 0.5) is 5.69 Å². The second-order valence-electron chi connectivity index (χ2n) is 8.95. The van der Waals surface area contributed by atoms with Crippen LogP contribution in [0, 0.1) is 5.92 Å². The normalized spacial score (nSPS) is 20.2. The van der Waals surface area contributed by atoms with Crippen molar-refractivity contribution in [3.8, 4) is 17.2 Å². The Morgan fingerprint density at radius 1 is 0.735 bits per heavy atom. The van der Waals surface area contributed by atoms with Crippen LogP contribution in [0.1, 0.15) is 35.1 Å². The number of para-hydroxylation sites is 2. The molecule has 2 aliphatic rings. The summed E-state index contributed by atoms with van der Waals surface area (Å²) < 4.78 is 12.4. The molecule has 3 heteroatoms. The van der Waals surface area contributed by atoms with Crippen LogP contribution in [0.15, 0.2) is 115 Å². The maximum absolute atomic E-state index is 6.32. The van der Waals surface area contributed by atoms with Crippen molar-refractivity contribution in [3.05, 3.63) is 132 Å². The maximum Gasteiger partial charge on any atom is 0.127 e. The molecule has 0 saturated carbocycles. The van der Waals surface area contributed by atoms with Gasteiger partial charge in [-0.3, -0.25) is 0 Å². The molecular formula is C31H27NO2. The minimum Gasteiger partial charge on any atom is -0.489 e. The van der Waals surface area contributed by atoms with E-state index in [1.165, 1.54) is 16.7 Å². The van der Waals surface area contributed by atoms with Gasteiger partial charge in [0.2, 0.25) is 0 Å². The highest BCUT2D eigenvalue weighted by atomic mass is 16.5. The van der Waals surface area contributed by atoms with E-state index < -0.39 is 0 Å². The fraction of sp³-hybridized carbons (Fsp3) is 0.161. The van der Waals surface area contributed by atoms with Crippen LogP contribution in [0.25, 0.3) is 0 Å². The van der Waals surface area contributed by atoms with E-state index in [2.05, 4.69) is 78.1 Å². The molecular weight excluding hydrogens is 418 g/mol. The first-order chi connectivity index (χ1) is 16.8. The Morgan fingerprint density at radius 3 is 2.35 bits per heavy atom. The third-order valence-corrected chi connectivity index (χ3v) is 6.80. The standard InChI is InChI=1S/C31H27NO2/c1-3-10-22(11-4-1)21-33-30-17-8-7-14-27(30)31-26-16-9-15-25(26)28-20-24(18-19-29(28)32-31)34-23-12-5-2-6-13-23/h1-15,17-20,25-26,31-32H,16,21H2. The lowest BCUT2D eigenvalue weighted by atomic mass is 9.77. The largest absolute Gasteiger partial charge is 0.489 e. The van der Waals surface area contributed by atoms with E-state index in [9.17, 15) is 0 Å². The maximum atomic E-state index is 6.32. The lowest BCUT2D eigenvalue weighted by molar-refractivity contribution is 0.296. The van der Waals surface area contributed by atoms with Crippen LogP contribution in [-0.2, 0) is 6.61 Å². The molecule has 4 aromatic rings. The Hall–Kier alpha value is -3.98. The molecule has 34 heavy (non-hydrogen) atoms. The van der Waals surface area contributed by atoms with Crippen molar-refractivity contribution in [2.24, 2.45) is 5.92 Å². The first kappa shape index (κ1) is 20.6. The lowest BCUT2D eigenvalue weighted by Crippen LogP contribution is -2.29. The molecule has 168 valence electrons. The van der Waals surface area contributed by atoms with E-state index in [0.717, 1.165) is 29.4 Å². The van der Waals surface area contributed by atoms with Crippen molar-refractivity contribution in [3.63, 3.8) is 0 Å². The third kappa shape index (κ3) is 4.06. The molecule has 0 aromatic heterocycles. The van der Waals surface area contributed by atoms with Gasteiger partial charge in [0, 0.05) is 17.2 Å². The van der Waals surface area contributed by atoms with Crippen LogP contribution in [0.5, 0.6) is 17.2 Å². The number of hydrogen-bond acceptors (Lipinski definition) is 3. The topological polar surface area (TPSA) is 30.5 Å². The van der Waals surface area contributed by atoms with Gasteiger partial charge in [0.15, 0.2) is 0 Å². The quantitative estimate of drug-likeness (QED) is 0.306. The summed E-state index contributed by atoms with van der Waals surface area (Å²) in [5.41, 5.74) is 4.85. The fourth-order valence-corrected chi connectivity index (χ4v) is 5.17. The first-order valence-electron chi connectivity index (χ1n) is 11.9. The zero-order valence-corrected chi connectivity index (χ0v) is 18.9. The number of benzene rings is 4. The zero-order valence-electron chi connectivity index (χ0n) is 18.9. The Bertz CT molecular complexity index is 1300. The van der Waals surface area contributed by atoms with Gasteiger partial charge in [0.25, 0.3) is 0 Å². The SMILES string of the molecule is C1=CC2c3cc(Oc4ccccc4)ccc3NC(c3ccccc3OCc3ccccc3)C2C1. The molecule has 6 rings (SSSR count). The molecule has 0 radical (unpaired) electrons. The smallest absolute Gasteiger partial charge is 0.127 e. The second kappa shape index (κ2) is 9.11. The number of ether oxygens (including phenoxy) is 2. The van der Waals surface area contributed by atoms with Gasteiger partial charge in [-0.15, -0.1) is 0 Å². The minimum atomic E-state index is 0.181. The van der Waals surface area contributed by atoms with Crippen molar-refractivity contribution in [2.45, 2.75) is 25.0 Å². The molecule has 1 aliphatic heterocycles. The highest BCUT2D eigenvalue weighted by Crippen LogP contribution is 2.52. The average Bonchev–Trinajstić information content (AvgIpc) is 3.39. The zero-order chi connectivity index (χ0) is 22.7. The van der Waals surface area contributed by atoms with Crippen LogP contribution in [0.2, 0.25) is 0 Å². The van der Waals surface area contributed by atoms with Crippen LogP contribution in [-0.4, -0.2) is 0 Å². The molecule has 4 aromatic carbocycles. The molecule has 0 spiro atoms. The van der Waals surface area contributed by atoms with Gasteiger partial charge in [-0.05, 0) is 59.9 Å². The molecule has 0 amide bonds. The molecule has 3 nitrogen and oxygen atoms in total. The molecule has 3 atom stereocenters. The summed E-state index contributed by atoms with van der Waals surface area (Å²) in [5.74, 6) is 3.45. The van der Waals surface area contributed by atoms with Gasteiger partial charge in [0.1, 0.15) is 23.9 Å². The molecule has 0 bridgehead atoms. The Labute approximate surface area is 200 Å².